The summed E-state index contributed by atoms with van der Waals surface area (Å²) in [4.78, 5) is 29.5. The summed E-state index contributed by atoms with van der Waals surface area (Å²) in [5, 5.41) is 4.95. The molecular weight excluding hydrogens is 407 g/mol. The quantitative estimate of drug-likeness (QED) is 0.425. The highest BCUT2D eigenvalue weighted by Gasteiger charge is 2.21. The second kappa shape index (κ2) is 7.88. The van der Waals surface area contributed by atoms with Crippen molar-refractivity contribution in [2.45, 2.75) is 26.3 Å². The van der Waals surface area contributed by atoms with Gasteiger partial charge in [-0.25, -0.2) is 19.3 Å². The monoisotopic (exact) mass is 428 g/mol. The van der Waals surface area contributed by atoms with Crippen LogP contribution in [-0.2, 0) is 0 Å². The Kier molecular flexibility index (Phi) is 4.89. The van der Waals surface area contributed by atoms with E-state index in [0.29, 0.717) is 34.5 Å². The molecule has 1 atom stereocenters. The van der Waals surface area contributed by atoms with Crippen LogP contribution in [0.25, 0.3) is 27.6 Å². The molecule has 0 unspecified atom stereocenters. The SMILES string of the molecule is CC[C@H](Nc1ncnc2nc[nH]c12)c1cc2cccc(C)c2c(=O)n1-c1ccc(F)cc1. The summed E-state index contributed by atoms with van der Waals surface area (Å²) in [6, 6.07) is 13.5. The van der Waals surface area contributed by atoms with Crippen molar-refractivity contribution in [1.29, 1.82) is 0 Å². The fraction of sp³-hybridized carbons (Fsp3) is 0.167. The zero-order valence-electron chi connectivity index (χ0n) is 17.6. The second-order valence-corrected chi connectivity index (χ2v) is 7.65. The predicted molar refractivity (Wildman–Crippen MR) is 123 cm³/mol. The number of hydrogen-bond donors (Lipinski definition) is 2. The summed E-state index contributed by atoms with van der Waals surface area (Å²) in [5.41, 5.74) is 3.36. The highest BCUT2D eigenvalue weighted by atomic mass is 19.1. The minimum absolute atomic E-state index is 0.142. The molecule has 0 aliphatic rings. The Hall–Kier alpha value is -4.07. The minimum atomic E-state index is -0.354. The van der Waals surface area contributed by atoms with E-state index >= 15 is 0 Å². The molecule has 5 rings (SSSR count). The highest BCUT2D eigenvalue weighted by Crippen LogP contribution is 2.28. The van der Waals surface area contributed by atoms with Gasteiger partial charge in [-0.3, -0.25) is 9.36 Å². The number of anilines is 1. The number of H-pyrrole nitrogens is 1. The van der Waals surface area contributed by atoms with E-state index in [1.807, 2.05) is 38.1 Å². The van der Waals surface area contributed by atoms with Crippen molar-refractivity contribution in [3.05, 3.63) is 88.6 Å². The largest absolute Gasteiger partial charge is 0.360 e. The Balaban J connectivity index is 1.74. The first-order chi connectivity index (χ1) is 15.6. The molecule has 0 amide bonds. The number of aryl methyl sites for hydroxylation is 1. The van der Waals surface area contributed by atoms with E-state index in [-0.39, 0.29) is 17.4 Å². The van der Waals surface area contributed by atoms with Crippen LogP contribution < -0.4 is 10.9 Å². The average Bonchev–Trinajstić information content (AvgIpc) is 3.28. The molecule has 7 nitrogen and oxygen atoms in total. The maximum absolute atomic E-state index is 13.7. The van der Waals surface area contributed by atoms with Gasteiger partial charge >= 0.3 is 0 Å². The molecule has 2 N–H and O–H groups in total. The summed E-state index contributed by atoms with van der Waals surface area (Å²) in [7, 11) is 0. The van der Waals surface area contributed by atoms with Crippen molar-refractivity contribution in [1.82, 2.24) is 24.5 Å². The topological polar surface area (TPSA) is 88.5 Å². The van der Waals surface area contributed by atoms with Gasteiger partial charge in [0.2, 0.25) is 0 Å². The molecule has 0 radical (unpaired) electrons. The first kappa shape index (κ1) is 19.9. The van der Waals surface area contributed by atoms with Crippen LogP contribution in [0.3, 0.4) is 0 Å². The van der Waals surface area contributed by atoms with E-state index in [4.69, 9.17) is 0 Å². The Labute approximate surface area is 183 Å². The highest BCUT2D eigenvalue weighted by molar-refractivity contribution is 5.86. The maximum Gasteiger partial charge on any atom is 0.263 e. The number of pyridine rings is 1. The molecule has 3 heterocycles. The standard InChI is InChI=1S/C24H21FN6O/c1-3-18(30-23-21-22(27-12-26-21)28-13-29-23)19-11-15-6-4-5-14(2)20(15)24(32)31(19)17-9-7-16(25)8-10-17/h4-13,18H,3H2,1-2H3,(H2,26,27,28,29,30)/t18-/m0/s1. The first-order valence-corrected chi connectivity index (χ1v) is 10.4. The van der Waals surface area contributed by atoms with Crippen molar-refractivity contribution < 1.29 is 4.39 Å². The first-order valence-electron chi connectivity index (χ1n) is 10.4. The number of halogens is 1. The van der Waals surface area contributed by atoms with Gasteiger partial charge in [-0.15, -0.1) is 0 Å². The molecule has 0 bridgehead atoms. The molecule has 3 aromatic heterocycles. The van der Waals surface area contributed by atoms with E-state index in [9.17, 15) is 9.18 Å². The fourth-order valence-corrected chi connectivity index (χ4v) is 4.09. The number of fused-ring (bicyclic) bond motifs is 2. The Morgan fingerprint density at radius 2 is 1.94 bits per heavy atom. The zero-order chi connectivity index (χ0) is 22.2. The van der Waals surface area contributed by atoms with Gasteiger partial charge in [0.1, 0.15) is 17.7 Å². The molecule has 32 heavy (non-hydrogen) atoms. The molecule has 0 fully saturated rings. The number of imidazole rings is 1. The lowest BCUT2D eigenvalue weighted by atomic mass is 10.0. The lowest BCUT2D eigenvalue weighted by molar-refractivity contribution is 0.626. The third kappa shape index (κ3) is 3.30. The van der Waals surface area contributed by atoms with Crippen LogP contribution in [0, 0.1) is 12.7 Å². The van der Waals surface area contributed by atoms with Gasteiger partial charge in [-0.2, -0.15) is 0 Å². The number of aromatic nitrogens is 5. The summed E-state index contributed by atoms with van der Waals surface area (Å²) in [6.07, 6.45) is 3.70. The number of rotatable bonds is 5. The Morgan fingerprint density at radius 3 is 2.72 bits per heavy atom. The molecule has 0 spiro atoms. The third-order valence-corrected chi connectivity index (χ3v) is 5.67. The summed E-state index contributed by atoms with van der Waals surface area (Å²) >= 11 is 0. The summed E-state index contributed by atoms with van der Waals surface area (Å²) in [6.45, 7) is 3.95. The zero-order valence-corrected chi connectivity index (χ0v) is 17.6. The molecule has 5 aromatic rings. The molecule has 0 saturated heterocycles. The van der Waals surface area contributed by atoms with Crippen molar-refractivity contribution in [3.8, 4) is 5.69 Å². The van der Waals surface area contributed by atoms with E-state index in [1.54, 1.807) is 23.0 Å². The van der Waals surface area contributed by atoms with Crippen LogP contribution in [0.4, 0.5) is 10.2 Å². The van der Waals surface area contributed by atoms with E-state index in [0.717, 1.165) is 16.6 Å². The maximum atomic E-state index is 13.7. The van der Waals surface area contributed by atoms with Crippen molar-refractivity contribution >= 4 is 27.8 Å². The number of nitrogens with one attached hydrogen (secondary N) is 2. The van der Waals surface area contributed by atoms with Crippen molar-refractivity contribution in [2.75, 3.05) is 5.32 Å². The summed E-state index contributed by atoms with van der Waals surface area (Å²) in [5.74, 6) is 0.245. The molecule has 2 aromatic carbocycles. The smallest absolute Gasteiger partial charge is 0.263 e. The van der Waals surface area contributed by atoms with Gasteiger partial charge in [-0.1, -0.05) is 25.1 Å². The normalized spacial score (nSPS) is 12.3. The van der Waals surface area contributed by atoms with Crippen LogP contribution in [0.1, 0.15) is 30.6 Å². The van der Waals surface area contributed by atoms with Gasteiger partial charge < -0.3 is 10.3 Å². The van der Waals surface area contributed by atoms with Gasteiger partial charge in [-0.05, 0) is 54.6 Å². The lowest BCUT2D eigenvalue weighted by Crippen LogP contribution is -2.27. The van der Waals surface area contributed by atoms with E-state index < -0.39 is 0 Å². The van der Waals surface area contributed by atoms with Crippen LogP contribution in [0.2, 0.25) is 0 Å². The molecule has 160 valence electrons. The number of nitrogens with zero attached hydrogens (tertiary/aromatic N) is 4. The average molecular weight is 428 g/mol. The number of benzene rings is 2. The third-order valence-electron chi connectivity index (χ3n) is 5.67. The molecular formula is C24H21FN6O. The predicted octanol–water partition coefficient (Wildman–Crippen LogP) is 4.67. The van der Waals surface area contributed by atoms with E-state index in [1.165, 1.54) is 18.5 Å². The lowest BCUT2D eigenvalue weighted by Gasteiger charge is -2.24. The van der Waals surface area contributed by atoms with Crippen LogP contribution in [0.15, 0.2) is 66.0 Å². The van der Waals surface area contributed by atoms with Crippen molar-refractivity contribution in [3.63, 3.8) is 0 Å². The van der Waals surface area contributed by atoms with E-state index in [2.05, 4.69) is 25.3 Å². The second-order valence-electron chi connectivity index (χ2n) is 7.65. The molecule has 8 heteroatoms. The Bertz CT molecular complexity index is 1490. The van der Waals surface area contributed by atoms with Crippen LogP contribution in [-0.4, -0.2) is 24.5 Å². The number of hydrogen-bond acceptors (Lipinski definition) is 5. The van der Waals surface area contributed by atoms with Gasteiger partial charge in [0.15, 0.2) is 11.5 Å². The molecule has 0 aliphatic heterocycles. The van der Waals surface area contributed by atoms with Gasteiger partial charge in [0.25, 0.3) is 5.56 Å². The molecule has 0 aliphatic carbocycles. The molecule has 0 saturated carbocycles. The summed E-state index contributed by atoms with van der Waals surface area (Å²) < 4.78 is 15.3. The number of aromatic amines is 1. The van der Waals surface area contributed by atoms with Crippen molar-refractivity contribution in [2.24, 2.45) is 0 Å². The van der Waals surface area contributed by atoms with Gasteiger partial charge in [0, 0.05) is 11.4 Å². The Morgan fingerprint density at radius 1 is 1.12 bits per heavy atom. The van der Waals surface area contributed by atoms with Gasteiger partial charge in [0.05, 0.1) is 17.8 Å². The van der Waals surface area contributed by atoms with Crippen LogP contribution >= 0.6 is 0 Å². The fourth-order valence-electron chi connectivity index (χ4n) is 4.09. The van der Waals surface area contributed by atoms with Crippen LogP contribution in [0.5, 0.6) is 0 Å². The minimum Gasteiger partial charge on any atom is -0.360 e.